The molecule has 3 heterocycles. The van der Waals surface area contributed by atoms with Gasteiger partial charge in [-0.05, 0) is 22.6 Å². The number of halogens is 3. The molecule has 0 unspecified atom stereocenters. The number of hydrogen-bond acceptors (Lipinski definition) is 9. The standard InChI is InChI=1S/C15H13F3N10O2/c1-27-12(5-19)21-11(24-27)7-30-6-9-8(3-4-10(20-9)15(16,17)18)13(29)22-14-23-25-26-28(14)2/h3-4H,6-7H2,1-2H3,(H,22,23,26,29). The Kier molecular flexibility index (Phi) is 5.69. The van der Waals surface area contributed by atoms with Crippen LogP contribution in [0.1, 0.15) is 33.4 Å². The smallest absolute Gasteiger partial charge is 0.367 e. The molecule has 3 aromatic rings. The van der Waals surface area contributed by atoms with E-state index in [1.54, 1.807) is 0 Å². The molecule has 0 aromatic carbocycles. The minimum absolute atomic E-state index is 0.00603. The number of ether oxygens (including phenoxy) is 1. The number of pyridine rings is 1. The summed E-state index contributed by atoms with van der Waals surface area (Å²) in [6, 6.07) is 3.50. The van der Waals surface area contributed by atoms with Gasteiger partial charge in [-0.2, -0.15) is 28.5 Å². The fourth-order valence-electron chi connectivity index (χ4n) is 2.32. The van der Waals surface area contributed by atoms with Crippen LogP contribution in [0.15, 0.2) is 12.1 Å². The molecule has 156 valence electrons. The summed E-state index contributed by atoms with van der Waals surface area (Å²) in [4.78, 5) is 19.9. The second kappa shape index (κ2) is 8.21. The van der Waals surface area contributed by atoms with Gasteiger partial charge in [0.05, 0.1) is 17.9 Å². The summed E-state index contributed by atoms with van der Waals surface area (Å²) in [6.07, 6.45) is -4.71. The third kappa shape index (κ3) is 4.55. The average Bonchev–Trinajstić information content (AvgIpc) is 3.25. The Morgan fingerprint density at radius 3 is 2.60 bits per heavy atom. The number of aromatic nitrogens is 8. The van der Waals surface area contributed by atoms with Gasteiger partial charge in [0.1, 0.15) is 18.4 Å². The summed E-state index contributed by atoms with van der Waals surface area (Å²) < 4.78 is 46.9. The minimum Gasteiger partial charge on any atom is -0.367 e. The molecule has 1 N–H and O–H groups in total. The quantitative estimate of drug-likeness (QED) is 0.602. The van der Waals surface area contributed by atoms with Gasteiger partial charge in [-0.1, -0.05) is 5.10 Å². The molecule has 0 fully saturated rings. The topological polar surface area (TPSA) is 149 Å². The zero-order valence-corrected chi connectivity index (χ0v) is 15.5. The lowest BCUT2D eigenvalue weighted by Crippen LogP contribution is -2.20. The maximum Gasteiger partial charge on any atom is 0.433 e. The van der Waals surface area contributed by atoms with Gasteiger partial charge in [0.2, 0.25) is 11.8 Å². The van der Waals surface area contributed by atoms with E-state index in [9.17, 15) is 18.0 Å². The van der Waals surface area contributed by atoms with Crippen LogP contribution in [0.2, 0.25) is 0 Å². The number of carbonyl (C=O) groups excluding carboxylic acids is 1. The van der Waals surface area contributed by atoms with Crippen LogP contribution in [0.5, 0.6) is 0 Å². The van der Waals surface area contributed by atoms with Gasteiger partial charge in [0.25, 0.3) is 5.91 Å². The van der Waals surface area contributed by atoms with Gasteiger partial charge in [-0.25, -0.2) is 14.3 Å². The number of carbonyl (C=O) groups is 1. The molecule has 0 aliphatic carbocycles. The minimum atomic E-state index is -4.71. The summed E-state index contributed by atoms with van der Waals surface area (Å²) in [7, 11) is 2.98. The molecule has 1 amide bonds. The summed E-state index contributed by atoms with van der Waals surface area (Å²) >= 11 is 0. The number of hydrogen-bond donors (Lipinski definition) is 1. The first kappa shape index (κ1) is 20.8. The second-order valence-electron chi connectivity index (χ2n) is 5.85. The van der Waals surface area contributed by atoms with Crippen LogP contribution in [0.3, 0.4) is 0 Å². The summed E-state index contributed by atoms with van der Waals surface area (Å²) in [5, 5.41) is 25.7. The van der Waals surface area contributed by atoms with Crippen molar-refractivity contribution in [3.63, 3.8) is 0 Å². The Morgan fingerprint density at radius 1 is 1.23 bits per heavy atom. The van der Waals surface area contributed by atoms with Gasteiger partial charge in [0.15, 0.2) is 5.82 Å². The molecule has 0 saturated heterocycles. The van der Waals surface area contributed by atoms with Gasteiger partial charge in [0, 0.05) is 14.1 Å². The number of nitrogens with one attached hydrogen (secondary N) is 1. The third-order valence-electron chi connectivity index (χ3n) is 3.73. The normalized spacial score (nSPS) is 11.3. The summed E-state index contributed by atoms with van der Waals surface area (Å²) in [5.74, 6) is -0.579. The molecule has 3 rings (SSSR count). The van der Waals surface area contributed by atoms with E-state index in [-0.39, 0.29) is 35.5 Å². The number of nitriles is 1. The van der Waals surface area contributed by atoms with Gasteiger partial charge < -0.3 is 4.74 Å². The lowest BCUT2D eigenvalue weighted by molar-refractivity contribution is -0.141. The predicted octanol–water partition coefficient (Wildman–Crippen LogP) is 0.593. The molecular formula is C15H13F3N10O2. The first-order valence-corrected chi connectivity index (χ1v) is 8.17. The van der Waals surface area contributed by atoms with Crippen molar-refractivity contribution in [2.75, 3.05) is 5.32 Å². The zero-order chi connectivity index (χ0) is 21.9. The van der Waals surface area contributed by atoms with Crippen molar-refractivity contribution in [2.24, 2.45) is 14.1 Å². The highest BCUT2D eigenvalue weighted by molar-refractivity contribution is 6.04. The van der Waals surface area contributed by atoms with E-state index in [2.05, 4.69) is 35.9 Å². The van der Waals surface area contributed by atoms with E-state index < -0.39 is 24.4 Å². The number of aryl methyl sites for hydroxylation is 2. The highest BCUT2D eigenvalue weighted by Gasteiger charge is 2.33. The van der Waals surface area contributed by atoms with Crippen LogP contribution in [-0.2, 0) is 38.2 Å². The molecule has 0 bridgehead atoms. The first-order valence-electron chi connectivity index (χ1n) is 8.17. The van der Waals surface area contributed by atoms with E-state index >= 15 is 0 Å². The molecular weight excluding hydrogens is 409 g/mol. The Balaban J connectivity index is 1.81. The Hall–Kier alpha value is -3.93. The number of nitrogens with zero attached hydrogens (tertiary/aromatic N) is 9. The Morgan fingerprint density at radius 2 is 2.00 bits per heavy atom. The maximum absolute atomic E-state index is 13.0. The van der Waals surface area contributed by atoms with Gasteiger partial charge >= 0.3 is 6.18 Å². The van der Waals surface area contributed by atoms with Crippen molar-refractivity contribution in [1.82, 2.24) is 40.0 Å². The van der Waals surface area contributed by atoms with E-state index in [4.69, 9.17) is 10.00 Å². The molecule has 0 aliphatic heterocycles. The molecule has 0 aliphatic rings. The fourth-order valence-corrected chi connectivity index (χ4v) is 2.32. The average molecular weight is 422 g/mol. The molecule has 3 aromatic heterocycles. The van der Waals surface area contributed by atoms with E-state index in [1.807, 2.05) is 6.07 Å². The van der Waals surface area contributed by atoms with Crippen molar-refractivity contribution in [2.45, 2.75) is 19.4 Å². The maximum atomic E-state index is 13.0. The van der Waals surface area contributed by atoms with E-state index in [1.165, 1.54) is 23.5 Å². The zero-order valence-electron chi connectivity index (χ0n) is 15.5. The number of anilines is 1. The second-order valence-corrected chi connectivity index (χ2v) is 5.85. The monoisotopic (exact) mass is 422 g/mol. The molecule has 0 spiro atoms. The number of alkyl halides is 3. The summed E-state index contributed by atoms with van der Waals surface area (Å²) in [5.41, 5.74) is -1.59. The van der Waals surface area contributed by atoms with Crippen molar-refractivity contribution in [1.29, 1.82) is 5.26 Å². The SMILES string of the molecule is Cn1nc(COCc2nc(C(F)(F)F)ccc2C(=O)Nc2nnnn2C)nc1C#N. The van der Waals surface area contributed by atoms with Crippen LogP contribution in [0, 0.1) is 11.3 Å². The summed E-state index contributed by atoms with van der Waals surface area (Å²) in [6.45, 7) is -0.647. The van der Waals surface area contributed by atoms with Crippen molar-refractivity contribution < 1.29 is 22.7 Å². The van der Waals surface area contributed by atoms with Crippen LogP contribution >= 0.6 is 0 Å². The molecule has 12 nitrogen and oxygen atoms in total. The first-order chi connectivity index (χ1) is 14.2. The fraction of sp³-hybridized carbons (Fsp3) is 0.333. The molecule has 0 radical (unpaired) electrons. The van der Waals surface area contributed by atoms with Crippen LogP contribution in [0.25, 0.3) is 0 Å². The molecule has 0 atom stereocenters. The lowest BCUT2D eigenvalue weighted by Gasteiger charge is -2.12. The predicted molar refractivity (Wildman–Crippen MR) is 90.2 cm³/mol. The Labute approximate surface area is 166 Å². The number of rotatable bonds is 6. The highest BCUT2D eigenvalue weighted by atomic mass is 19.4. The van der Waals surface area contributed by atoms with Crippen LogP contribution in [-0.4, -0.2) is 45.9 Å². The van der Waals surface area contributed by atoms with Gasteiger partial charge in [-0.15, -0.1) is 0 Å². The molecule has 30 heavy (non-hydrogen) atoms. The Bertz CT molecular complexity index is 1110. The van der Waals surface area contributed by atoms with Crippen molar-refractivity contribution >= 4 is 11.9 Å². The largest absolute Gasteiger partial charge is 0.433 e. The van der Waals surface area contributed by atoms with Crippen molar-refractivity contribution in [3.05, 3.63) is 40.7 Å². The molecule has 0 saturated carbocycles. The number of amides is 1. The van der Waals surface area contributed by atoms with Crippen LogP contribution in [0.4, 0.5) is 19.1 Å². The highest BCUT2D eigenvalue weighted by Crippen LogP contribution is 2.28. The number of tetrazole rings is 1. The van der Waals surface area contributed by atoms with Crippen LogP contribution < -0.4 is 5.32 Å². The van der Waals surface area contributed by atoms with E-state index in [0.29, 0.717) is 6.07 Å². The van der Waals surface area contributed by atoms with E-state index in [0.717, 1.165) is 6.07 Å². The third-order valence-corrected chi connectivity index (χ3v) is 3.73. The van der Waals surface area contributed by atoms with Gasteiger partial charge in [-0.3, -0.25) is 10.1 Å². The molecule has 15 heteroatoms. The van der Waals surface area contributed by atoms with Crippen molar-refractivity contribution in [3.8, 4) is 6.07 Å². The lowest BCUT2D eigenvalue weighted by atomic mass is 10.1.